The van der Waals surface area contributed by atoms with Crippen LogP contribution in [0.3, 0.4) is 0 Å². The van der Waals surface area contributed by atoms with Crippen molar-refractivity contribution in [3.63, 3.8) is 0 Å². The first kappa shape index (κ1) is 17.5. The van der Waals surface area contributed by atoms with E-state index in [9.17, 15) is 14.9 Å². The Bertz CT molecular complexity index is 724. The van der Waals surface area contributed by atoms with Gasteiger partial charge in [-0.3, -0.25) is 4.79 Å². The third kappa shape index (κ3) is 4.31. The summed E-state index contributed by atoms with van der Waals surface area (Å²) in [7, 11) is 0. The topological polar surface area (TPSA) is 99.3 Å². The van der Waals surface area contributed by atoms with Gasteiger partial charge in [0.1, 0.15) is 5.75 Å². The van der Waals surface area contributed by atoms with Gasteiger partial charge in [-0.1, -0.05) is 6.92 Å². The number of nitrogens with zero attached hydrogens (tertiary/aromatic N) is 3. The number of ether oxygens (including phenoxy) is 1. The molecule has 0 aliphatic rings. The van der Waals surface area contributed by atoms with Gasteiger partial charge < -0.3 is 20.2 Å². The molecule has 24 heavy (non-hydrogen) atoms. The lowest BCUT2D eigenvalue weighted by Crippen LogP contribution is -2.25. The molecule has 128 valence electrons. The predicted octanol–water partition coefficient (Wildman–Crippen LogP) is 2.77. The molecule has 1 atom stereocenters. The van der Waals surface area contributed by atoms with Gasteiger partial charge in [-0.2, -0.15) is 4.68 Å². The van der Waals surface area contributed by atoms with E-state index in [1.807, 2.05) is 6.92 Å². The number of hydrogen-bond donors (Lipinski definition) is 1. The van der Waals surface area contributed by atoms with E-state index < -0.39 is 10.8 Å². The summed E-state index contributed by atoms with van der Waals surface area (Å²) in [4.78, 5) is 22.5. The number of nitrogens with one attached hydrogen (secondary N) is 1. The maximum absolute atomic E-state index is 12.3. The highest BCUT2D eigenvalue weighted by Crippen LogP contribution is 2.17. The molecule has 1 N–H and O–H groups in total. The quantitative estimate of drug-likeness (QED) is 0.621. The average molecular weight is 332 g/mol. The third-order valence-corrected chi connectivity index (χ3v) is 3.48. The second-order valence-electron chi connectivity index (χ2n) is 5.43. The van der Waals surface area contributed by atoms with Gasteiger partial charge in [-0.15, -0.1) is 0 Å². The SMILES string of the molecule is CCOc1ccc(NC(=O)C(C)Cn2nc([N+](=O)[O-])cc2C)cc1. The van der Waals surface area contributed by atoms with Crippen LogP contribution in [-0.4, -0.2) is 27.2 Å². The number of aryl methyl sites for hydroxylation is 1. The monoisotopic (exact) mass is 332 g/mol. The minimum absolute atomic E-state index is 0.184. The van der Waals surface area contributed by atoms with Crippen LogP contribution in [0.4, 0.5) is 11.5 Å². The molecule has 0 aliphatic carbocycles. The molecule has 0 spiro atoms. The summed E-state index contributed by atoms with van der Waals surface area (Å²) in [6.45, 7) is 6.22. The highest BCUT2D eigenvalue weighted by molar-refractivity contribution is 5.92. The van der Waals surface area contributed by atoms with Crippen LogP contribution in [-0.2, 0) is 11.3 Å². The summed E-state index contributed by atoms with van der Waals surface area (Å²) in [6.07, 6.45) is 0. The largest absolute Gasteiger partial charge is 0.494 e. The summed E-state index contributed by atoms with van der Waals surface area (Å²) in [6, 6.07) is 8.48. The zero-order valence-electron chi connectivity index (χ0n) is 13.9. The molecule has 0 radical (unpaired) electrons. The van der Waals surface area contributed by atoms with E-state index in [0.29, 0.717) is 18.0 Å². The van der Waals surface area contributed by atoms with E-state index in [2.05, 4.69) is 10.4 Å². The van der Waals surface area contributed by atoms with Gasteiger partial charge in [0.25, 0.3) is 0 Å². The van der Waals surface area contributed by atoms with Crippen LogP contribution < -0.4 is 10.1 Å². The second kappa shape index (κ2) is 7.58. The van der Waals surface area contributed by atoms with Gasteiger partial charge in [-0.25, -0.2) is 0 Å². The molecule has 1 unspecified atom stereocenters. The summed E-state index contributed by atoms with van der Waals surface area (Å²) >= 11 is 0. The van der Waals surface area contributed by atoms with Crippen LogP contribution >= 0.6 is 0 Å². The van der Waals surface area contributed by atoms with Gasteiger partial charge in [0.05, 0.1) is 35.9 Å². The number of aromatic nitrogens is 2. The van der Waals surface area contributed by atoms with Crippen LogP contribution in [0.25, 0.3) is 0 Å². The number of nitro groups is 1. The average Bonchev–Trinajstić information content (AvgIpc) is 2.91. The first-order valence-corrected chi connectivity index (χ1v) is 7.63. The lowest BCUT2D eigenvalue weighted by atomic mass is 10.1. The van der Waals surface area contributed by atoms with Crippen LogP contribution in [0.15, 0.2) is 30.3 Å². The van der Waals surface area contributed by atoms with Crippen LogP contribution in [0.2, 0.25) is 0 Å². The molecule has 0 bridgehead atoms. The molecular weight excluding hydrogens is 312 g/mol. The van der Waals surface area contributed by atoms with Crippen molar-refractivity contribution in [2.24, 2.45) is 5.92 Å². The van der Waals surface area contributed by atoms with Crippen molar-refractivity contribution < 1.29 is 14.5 Å². The molecule has 1 amide bonds. The van der Waals surface area contributed by atoms with Gasteiger partial charge >= 0.3 is 5.82 Å². The summed E-state index contributed by atoms with van der Waals surface area (Å²) in [5.74, 6) is -0.0545. The lowest BCUT2D eigenvalue weighted by Gasteiger charge is -2.12. The number of amides is 1. The Kier molecular flexibility index (Phi) is 5.51. The Morgan fingerprint density at radius 1 is 1.42 bits per heavy atom. The molecule has 1 aromatic heterocycles. The van der Waals surface area contributed by atoms with Gasteiger partial charge in [0.15, 0.2) is 0 Å². The summed E-state index contributed by atoms with van der Waals surface area (Å²) < 4.78 is 6.82. The first-order chi connectivity index (χ1) is 11.4. The first-order valence-electron chi connectivity index (χ1n) is 7.63. The standard InChI is InChI=1S/C16H20N4O4/c1-4-24-14-7-5-13(6-8-14)17-16(21)11(2)10-19-12(3)9-15(18-19)20(22)23/h5-9,11H,4,10H2,1-3H3,(H,17,21). The van der Waals surface area contributed by atoms with E-state index in [4.69, 9.17) is 4.74 Å². The van der Waals surface area contributed by atoms with Crippen molar-refractivity contribution in [1.82, 2.24) is 9.78 Å². The van der Waals surface area contributed by atoms with Gasteiger partial charge in [0, 0.05) is 5.69 Å². The Morgan fingerprint density at radius 2 is 2.08 bits per heavy atom. The number of carbonyl (C=O) groups excluding carboxylic acids is 1. The van der Waals surface area contributed by atoms with Gasteiger partial charge in [-0.05, 0) is 43.0 Å². The number of benzene rings is 1. The van der Waals surface area contributed by atoms with E-state index in [1.54, 1.807) is 38.1 Å². The third-order valence-electron chi connectivity index (χ3n) is 3.48. The van der Waals surface area contributed by atoms with Crippen LogP contribution in [0.1, 0.15) is 19.5 Å². The molecule has 0 saturated carbocycles. The Morgan fingerprint density at radius 3 is 2.62 bits per heavy atom. The van der Waals surface area contributed by atoms with Crippen molar-refractivity contribution in [2.75, 3.05) is 11.9 Å². The highest BCUT2D eigenvalue weighted by Gasteiger charge is 2.20. The molecule has 1 aromatic carbocycles. The van der Waals surface area contributed by atoms with Crippen molar-refractivity contribution in [3.05, 3.63) is 46.1 Å². The maximum Gasteiger partial charge on any atom is 0.390 e. The van der Waals surface area contributed by atoms with E-state index in [1.165, 1.54) is 10.7 Å². The molecule has 0 aliphatic heterocycles. The number of hydrogen-bond acceptors (Lipinski definition) is 5. The summed E-state index contributed by atoms with van der Waals surface area (Å²) in [5, 5.41) is 17.4. The molecule has 2 aromatic rings. The second-order valence-corrected chi connectivity index (χ2v) is 5.43. The van der Waals surface area contributed by atoms with Crippen molar-refractivity contribution in [2.45, 2.75) is 27.3 Å². The Labute approximate surface area is 139 Å². The number of carbonyl (C=O) groups is 1. The molecule has 0 fully saturated rings. The van der Waals surface area contributed by atoms with E-state index >= 15 is 0 Å². The molecule has 2 rings (SSSR count). The Balaban J connectivity index is 1.98. The smallest absolute Gasteiger partial charge is 0.390 e. The summed E-state index contributed by atoms with van der Waals surface area (Å²) in [5.41, 5.74) is 1.31. The molecule has 8 heteroatoms. The predicted molar refractivity (Wildman–Crippen MR) is 89.0 cm³/mol. The Hall–Kier alpha value is -2.90. The number of rotatable bonds is 7. The molecule has 0 saturated heterocycles. The van der Waals surface area contributed by atoms with E-state index in [0.717, 1.165) is 5.75 Å². The minimum Gasteiger partial charge on any atom is -0.494 e. The molecule has 8 nitrogen and oxygen atoms in total. The fourth-order valence-corrected chi connectivity index (χ4v) is 2.18. The zero-order valence-corrected chi connectivity index (χ0v) is 13.9. The van der Waals surface area contributed by atoms with Crippen molar-refractivity contribution in [3.8, 4) is 5.75 Å². The van der Waals surface area contributed by atoms with Crippen LogP contribution in [0, 0.1) is 23.0 Å². The zero-order chi connectivity index (χ0) is 17.7. The normalized spacial score (nSPS) is 11.8. The number of anilines is 1. The van der Waals surface area contributed by atoms with Crippen LogP contribution in [0.5, 0.6) is 5.75 Å². The maximum atomic E-state index is 12.3. The molecular formula is C16H20N4O4. The van der Waals surface area contributed by atoms with E-state index in [-0.39, 0.29) is 18.3 Å². The minimum atomic E-state index is -0.547. The van der Waals surface area contributed by atoms with Crippen molar-refractivity contribution in [1.29, 1.82) is 0 Å². The van der Waals surface area contributed by atoms with Gasteiger partial charge in [0.2, 0.25) is 5.91 Å². The lowest BCUT2D eigenvalue weighted by molar-refractivity contribution is -0.389. The fraction of sp³-hybridized carbons (Fsp3) is 0.375. The fourth-order valence-electron chi connectivity index (χ4n) is 2.18. The molecule has 1 heterocycles. The van der Waals surface area contributed by atoms with Crippen molar-refractivity contribution >= 4 is 17.4 Å². The highest BCUT2D eigenvalue weighted by atomic mass is 16.6.